The van der Waals surface area contributed by atoms with E-state index in [1.807, 2.05) is 12.1 Å². The van der Waals surface area contributed by atoms with Gasteiger partial charge in [0.25, 0.3) is 0 Å². The topological polar surface area (TPSA) is 56.0 Å². The highest BCUT2D eigenvalue weighted by Gasteiger charge is 2.30. The third-order valence-electron chi connectivity index (χ3n) is 2.94. The van der Waals surface area contributed by atoms with Crippen molar-refractivity contribution in [3.8, 4) is 6.07 Å². The molecule has 0 aliphatic heterocycles. The van der Waals surface area contributed by atoms with Crippen LogP contribution in [0.25, 0.3) is 0 Å². The van der Waals surface area contributed by atoms with Crippen molar-refractivity contribution < 1.29 is 5.11 Å². The third kappa shape index (κ3) is 3.05. The lowest BCUT2D eigenvalue weighted by Crippen LogP contribution is -2.31. The van der Waals surface area contributed by atoms with E-state index in [9.17, 15) is 0 Å². The van der Waals surface area contributed by atoms with Gasteiger partial charge in [-0.3, -0.25) is 0 Å². The Labute approximate surface area is 99.7 Å². The van der Waals surface area contributed by atoms with E-state index < -0.39 is 0 Å². The van der Waals surface area contributed by atoms with Crippen LogP contribution in [0.2, 0.25) is 0 Å². The molecule has 16 heavy (non-hydrogen) atoms. The molecule has 0 aromatic carbocycles. The van der Waals surface area contributed by atoms with Crippen molar-refractivity contribution in [2.24, 2.45) is 5.92 Å². The van der Waals surface area contributed by atoms with Crippen molar-refractivity contribution >= 4 is 11.3 Å². The Bertz CT molecular complexity index is 379. The second-order valence-electron chi connectivity index (χ2n) is 4.21. The first kappa shape index (κ1) is 11.6. The van der Waals surface area contributed by atoms with Crippen LogP contribution in [0.15, 0.2) is 12.1 Å². The van der Waals surface area contributed by atoms with Gasteiger partial charge in [-0.05, 0) is 37.3 Å². The van der Waals surface area contributed by atoms with Crippen LogP contribution in [0.5, 0.6) is 0 Å². The fourth-order valence-corrected chi connectivity index (χ4v) is 2.66. The van der Waals surface area contributed by atoms with Crippen molar-refractivity contribution in [3.63, 3.8) is 0 Å². The number of nitriles is 1. The van der Waals surface area contributed by atoms with Gasteiger partial charge in [0.15, 0.2) is 0 Å². The second-order valence-corrected chi connectivity index (χ2v) is 5.38. The summed E-state index contributed by atoms with van der Waals surface area (Å²) in [6.45, 7) is 1.07. The first-order valence-electron chi connectivity index (χ1n) is 5.66. The van der Waals surface area contributed by atoms with E-state index >= 15 is 0 Å². The number of aliphatic hydroxyl groups excluding tert-OH is 1. The lowest BCUT2D eigenvalue weighted by atomic mass is 10.1. The number of hydrogen-bond donors (Lipinski definition) is 2. The van der Waals surface area contributed by atoms with Crippen LogP contribution in [0.3, 0.4) is 0 Å². The van der Waals surface area contributed by atoms with Gasteiger partial charge in [-0.15, -0.1) is 11.3 Å². The van der Waals surface area contributed by atoms with E-state index in [0.717, 1.165) is 23.8 Å². The average Bonchev–Trinajstić information content (AvgIpc) is 3.03. The molecule has 1 aliphatic rings. The largest absolute Gasteiger partial charge is 0.396 e. The van der Waals surface area contributed by atoms with Crippen LogP contribution in [-0.2, 0) is 6.54 Å². The van der Waals surface area contributed by atoms with Gasteiger partial charge in [-0.25, -0.2) is 0 Å². The molecule has 0 radical (unpaired) electrons. The summed E-state index contributed by atoms with van der Waals surface area (Å²) in [7, 11) is 0. The number of rotatable bonds is 6. The molecule has 4 heteroatoms. The van der Waals surface area contributed by atoms with Crippen LogP contribution in [-0.4, -0.2) is 17.8 Å². The minimum Gasteiger partial charge on any atom is -0.396 e. The van der Waals surface area contributed by atoms with Gasteiger partial charge in [0.05, 0.1) is 0 Å². The lowest BCUT2D eigenvalue weighted by Gasteiger charge is -2.16. The molecule has 0 amide bonds. The summed E-state index contributed by atoms with van der Waals surface area (Å²) in [6, 6.07) is 6.45. The molecule has 1 heterocycles. The van der Waals surface area contributed by atoms with Crippen LogP contribution in [0.4, 0.5) is 0 Å². The zero-order valence-corrected chi connectivity index (χ0v) is 9.96. The summed E-state index contributed by atoms with van der Waals surface area (Å²) < 4.78 is 0. The Kier molecular flexibility index (Phi) is 3.94. The van der Waals surface area contributed by atoms with Gasteiger partial charge in [-0.1, -0.05) is 0 Å². The van der Waals surface area contributed by atoms with Crippen LogP contribution in [0.1, 0.15) is 29.0 Å². The predicted molar refractivity (Wildman–Crippen MR) is 64.1 cm³/mol. The summed E-state index contributed by atoms with van der Waals surface area (Å²) in [5.41, 5.74) is 0. The zero-order chi connectivity index (χ0) is 11.4. The fraction of sp³-hybridized carbons (Fsp3) is 0.583. The molecule has 3 nitrogen and oxygen atoms in total. The summed E-state index contributed by atoms with van der Waals surface area (Å²) >= 11 is 1.54. The van der Waals surface area contributed by atoms with Gasteiger partial charge in [0.1, 0.15) is 10.9 Å². The highest BCUT2D eigenvalue weighted by Crippen LogP contribution is 2.34. The molecule has 2 rings (SSSR count). The quantitative estimate of drug-likeness (QED) is 0.792. The minimum atomic E-state index is 0.252. The number of nitrogens with zero attached hydrogens (tertiary/aromatic N) is 1. The number of thiophene rings is 1. The van der Waals surface area contributed by atoms with E-state index in [0.29, 0.717) is 6.04 Å². The average molecular weight is 236 g/mol. The summed E-state index contributed by atoms with van der Waals surface area (Å²) in [5, 5.41) is 21.2. The number of nitrogens with one attached hydrogen (secondary N) is 1. The van der Waals surface area contributed by atoms with E-state index in [1.54, 1.807) is 0 Å². The van der Waals surface area contributed by atoms with Crippen molar-refractivity contribution in [1.29, 1.82) is 5.26 Å². The van der Waals surface area contributed by atoms with E-state index in [2.05, 4.69) is 11.4 Å². The van der Waals surface area contributed by atoms with Crippen molar-refractivity contribution in [3.05, 3.63) is 21.9 Å². The van der Waals surface area contributed by atoms with Crippen LogP contribution >= 0.6 is 11.3 Å². The molecule has 86 valence electrons. The molecule has 2 N–H and O–H groups in total. The molecule has 1 aromatic rings. The molecule has 1 atom stereocenters. The van der Waals surface area contributed by atoms with Crippen LogP contribution < -0.4 is 5.32 Å². The van der Waals surface area contributed by atoms with E-state index in [4.69, 9.17) is 10.4 Å². The maximum Gasteiger partial charge on any atom is 0.110 e. The molecule has 0 spiro atoms. The Hall–Kier alpha value is -0.890. The molecular weight excluding hydrogens is 220 g/mol. The minimum absolute atomic E-state index is 0.252. The summed E-state index contributed by atoms with van der Waals surface area (Å²) in [5.74, 6) is 0.752. The highest BCUT2D eigenvalue weighted by atomic mass is 32.1. The third-order valence-corrected chi connectivity index (χ3v) is 3.93. The fourth-order valence-electron chi connectivity index (χ4n) is 1.91. The maximum absolute atomic E-state index is 8.97. The van der Waals surface area contributed by atoms with Gasteiger partial charge >= 0.3 is 0 Å². The molecule has 1 aliphatic carbocycles. The zero-order valence-electron chi connectivity index (χ0n) is 9.15. The molecule has 1 aromatic heterocycles. The first-order valence-corrected chi connectivity index (χ1v) is 6.48. The molecule has 0 saturated heterocycles. The molecule has 1 unspecified atom stereocenters. The van der Waals surface area contributed by atoms with Crippen molar-refractivity contribution in [2.45, 2.75) is 31.8 Å². The maximum atomic E-state index is 8.97. The van der Waals surface area contributed by atoms with E-state index in [-0.39, 0.29) is 6.61 Å². The van der Waals surface area contributed by atoms with Crippen molar-refractivity contribution in [2.75, 3.05) is 6.61 Å². The Balaban J connectivity index is 1.82. The first-order chi connectivity index (χ1) is 7.83. The standard InChI is InChI=1S/C12H16N2OS/c13-7-10-3-4-11(16-10)8-14-12(5-6-15)9-1-2-9/h3-4,9,12,14-15H,1-2,5-6,8H2. The van der Waals surface area contributed by atoms with E-state index in [1.165, 1.54) is 29.1 Å². The highest BCUT2D eigenvalue weighted by molar-refractivity contribution is 7.12. The van der Waals surface area contributed by atoms with Gasteiger partial charge < -0.3 is 10.4 Å². The van der Waals surface area contributed by atoms with Crippen molar-refractivity contribution in [1.82, 2.24) is 5.32 Å². The monoisotopic (exact) mass is 236 g/mol. The van der Waals surface area contributed by atoms with Gasteiger partial charge in [0.2, 0.25) is 0 Å². The summed E-state index contributed by atoms with van der Waals surface area (Å²) in [4.78, 5) is 1.96. The van der Waals surface area contributed by atoms with Crippen LogP contribution in [0, 0.1) is 17.2 Å². The Morgan fingerprint density at radius 1 is 1.56 bits per heavy atom. The molecular formula is C12H16N2OS. The lowest BCUT2D eigenvalue weighted by molar-refractivity contribution is 0.256. The second kappa shape index (κ2) is 5.44. The SMILES string of the molecule is N#Cc1ccc(CNC(CCO)C2CC2)s1. The predicted octanol–water partition coefficient (Wildman–Crippen LogP) is 1.87. The summed E-state index contributed by atoms with van der Waals surface area (Å²) in [6.07, 6.45) is 3.40. The normalized spacial score (nSPS) is 17.0. The molecule has 0 bridgehead atoms. The number of aliphatic hydroxyl groups is 1. The number of hydrogen-bond acceptors (Lipinski definition) is 4. The van der Waals surface area contributed by atoms with Gasteiger partial charge in [-0.2, -0.15) is 5.26 Å². The molecule has 1 fully saturated rings. The molecule has 1 saturated carbocycles. The Morgan fingerprint density at radius 2 is 2.38 bits per heavy atom. The Morgan fingerprint density at radius 3 is 2.94 bits per heavy atom. The smallest absolute Gasteiger partial charge is 0.110 e. The van der Waals surface area contributed by atoms with Gasteiger partial charge in [0, 0.05) is 24.1 Å².